The summed E-state index contributed by atoms with van der Waals surface area (Å²) >= 11 is 0. The van der Waals surface area contributed by atoms with Crippen molar-refractivity contribution in [2.24, 2.45) is 0 Å². The van der Waals surface area contributed by atoms with E-state index in [4.69, 9.17) is 0 Å². The van der Waals surface area contributed by atoms with Crippen LogP contribution in [0.4, 0.5) is 0 Å². The maximum absolute atomic E-state index is 13.2. The van der Waals surface area contributed by atoms with Crippen LogP contribution < -0.4 is 0 Å². The molecule has 1 aliphatic rings. The first-order valence-corrected chi connectivity index (χ1v) is 9.18. The Bertz CT molecular complexity index is 978. The van der Waals surface area contributed by atoms with E-state index in [9.17, 15) is 8.42 Å². The summed E-state index contributed by atoms with van der Waals surface area (Å²) in [7, 11) is -3.55. The zero-order valence-electron chi connectivity index (χ0n) is 13.1. The fourth-order valence-electron chi connectivity index (χ4n) is 2.90. The van der Waals surface area contributed by atoms with E-state index in [1.54, 1.807) is 60.3 Å². The lowest BCUT2D eigenvalue weighted by atomic mass is 10.3. The molecule has 0 atom stereocenters. The van der Waals surface area contributed by atoms with Gasteiger partial charge >= 0.3 is 0 Å². The summed E-state index contributed by atoms with van der Waals surface area (Å²) < 4.78 is 27.0. The van der Waals surface area contributed by atoms with Crippen LogP contribution in [0.15, 0.2) is 59.6 Å². The molecule has 0 radical (unpaired) electrons. The van der Waals surface area contributed by atoms with Crippen LogP contribution in [0.25, 0.3) is 5.82 Å². The molecular weight excluding hydrogens is 324 g/mol. The average Bonchev–Trinajstić information content (AvgIpc) is 3.34. The number of sulfone groups is 1. The van der Waals surface area contributed by atoms with E-state index < -0.39 is 14.6 Å². The van der Waals surface area contributed by atoms with Gasteiger partial charge in [0.05, 0.1) is 4.90 Å². The Morgan fingerprint density at radius 2 is 1.75 bits per heavy atom. The second-order valence-corrected chi connectivity index (χ2v) is 8.15. The van der Waals surface area contributed by atoms with Gasteiger partial charge in [-0.25, -0.2) is 18.4 Å². The Hall–Kier alpha value is -2.54. The Labute approximate surface area is 140 Å². The number of pyridine rings is 1. The third kappa shape index (κ3) is 2.16. The highest BCUT2D eigenvalue weighted by Crippen LogP contribution is 2.54. The maximum Gasteiger partial charge on any atom is 0.191 e. The van der Waals surface area contributed by atoms with Crippen molar-refractivity contribution in [1.29, 1.82) is 0 Å². The van der Waals surface area contributed by atoms with Gasteiger partial charge in [-0.1, -0.05) is 24.3 Å². The standard InChI is InChI=1S/C17H16N4O2S/c1-13-19-16(21(20-13)15-9-5-6-12-18-15)17(10-11-17)24(22,23)14-7-3-2-4-8-14/h2-9,12H,10-11H2,1H3. The van der Waals surface area contributed by atoms with Gasteiger partial charge in [0, 0.05) is 6.20 Å². The molecular formula is C17H16N4O2S. The van der Waals surface area contributed by atoms with E-state index in [1.807, 2.05) is 6.07 Å². The molecule has 1 aromatic carbocycles. The minimum Gasteiger partial charge on any atom is -0.237 e. The number of benzene rings is 1. The maximum atomic E-state index is 13.2. The molecule has 3 aromatic rings. The molecule has 122 valence electrons. The predicted molar refractivity (Wildman–Crippen MR) is 88.4 cm³/mol. The molecule has 0 unspecified atom stereocenters. The van der Waals surface area contributed by atoms with E-state index in [-0.39, 0.29) is 0 Å². The number of hydrogen-bond donors (Lipinski definition) is 0. The van der Waals surface area contributed by atoms with Crippen LogP contribution in [-0.2, 0) is 14.6 Å². The quantitative estimate of drug-likeness (QED) is 0.729. The fourth-order valence-corrected chi connectivity index (χ4v) is 4.88. The molecule has 0 amide bonds. The first-order valence-electron chi connectivity index (χ1n) is 7.70. The smallest absolute Gasteiger partial charge is 0.191 e. The van der Waals surface area contributed by atoms with Crippen molar-refractivity contribution < 1.29 is 8.42 Å². The molecule has 2 heterocycles. The van der Waals surface area contributed by atoms with Gasteiger partial charge in [-0.2, -0.15) is 4.68 Å². The lowest BCUT2D eigenvalue weighted by Gasteiger charge is -2.16. The topological polar surface area (TPSA) is 77.7 Å². The van der Waals surface area contributed by atoms with Crippen molar-refractivity contribution in [3.8, 4) is 5.82 Å². The number of nitrogens with zero attached hydrogens (tertiary/aromatic N) is 4. The van der Waals surface area contributed by atoms with E-state index in [1.165, 1.54) is 0 Å². The number of hydrogen-bond acceptors (Lipinski definition) is 5. The van der Waals surface area contributed by atoms with Crippen molar-refractivity contribution in [1.82, 2.24) is 19.7 Å². The van der Waals surface area contributed by atoms with Crippen molar-refractivity contribution in [2.45, 2.75) is 29.4 Å². The molecule has 7 heteroatoms. The number of aryl methyl sites for hydroxylation is 1. The highest BCUT2D eigenvalue weighted by atomic mass is 32.2. The predicted octanol–water partition coefficient (Wildman–Crippen LogP) is 2.43. The molecule has 1 saturated carbocycles. The first kappa shape index (κ1) is 15.0. The second kappa shape index (κ2) is 5.24. The summed E-state index contributed by atoms with van der Waals surface area (Å²) in [5.41, 5.74) is 0. The Morgan fingerprint density at radius 3 is 2.38 bits per heavy atom. The lowest BCUT2D eigenvalue weighted by Crippen LogP contribution is -2.25. The third-order valence-corrected chi connectivity index (χ3v) is 6.77. The van der Waals surface area contributed by atoms with Crippen molar-refractivity contribution in [2.75, 3.05) is 0 Å². The zero-order chi connectivity index (χ0) is 16.8. The largest absolute Gasteiger partial charge is 0.237 e. The van der Waals surface area contributed by atoms with Gasteiger partial charge in [-0.05, 0) is 44.0 Å². The van der Waals surface area contributed by atoms with Crippen molar-refractivity contribution >= 4 is 9.84 Å². The molecule has 1 fully saturated rings. The van der Waals surface area contributed by atoms with Gasteiger partial charge in [-0.15, -0.1) is 5.10 Å². The highest BCUT2D eigenvalue weighted by molar-refractivity contribution is 7.92. The molecule has 4 rings (SSSR count). The molecule has 6 nitrogen and oxygen atoms in total. The fraction of sp³-hybridized carbons (Fsp3) is 0.235. The second-order valence-electron chi connectivity index (χ2n) is 5.89. The van der Waals surface area contributed by atoms with Crippen LogP contribution in [0.1, 0.15) is 24.5 Å². The van der Waals surface area contributed by atoms with E-state index in [2.05, 4.69) is 15.1 Å². The average molecular weight is 340 g/mol. The van der Waals surface area contributed by atoms with Crippen molar-refractivity contribution in [3.05, 3.63) is 66.4 Å². The van der Waals surface area contributed by atoms with Gasteiger partial charge in [0.15, 0.2) is 21.5 Å². The van der Waals surface area contributed by atoms with Gasteiger partial charge in [0.25, 0.3) is 0 Å². The van der Waals surface area contributed by atoms with E-state index in [0.29, 0.717) is 35.2 Å². The summed E-state index contributed by atoms with van der Waals surface area (Å²) in [5, 5.41) is 4.37. The third-order valence-electron chi connectivity index (χ3n) is 4.26. The van der Waals surface area contributed by atoms with Gasteiger partial charge < -0.3 is 0 Å². The van der Waals surface area contributed by atoms with Crippen LogP contribution in [0.2, 0.25) is 0 Å². The molecule has 0 saturated heterocycles. The Kier molecular flexibility index (Phi) is 3.28. The lowest BCUT2D eigenvalue weighted by molar-refractivity contribution is 0.571. The zero-order valence-corrected chi connectivity index (χ0v) is 13.9. The van der Waals surface area contributed by atoms with Crippen molar-refractivity contribution in [3.63, 3.8) is 0 Å². The molecule has 2 aromatic heterocycles. The normalized spacial score (nSPS) is 16.0. The molecule has 1 aliphatic carbocycles. The van der Waals surface area contributed by atoms with Gasteiger partial charge in [0.1, 0.15) is 10.6 Å². The SMILES string of the molecule is Cc1nc(C2(S(=O)(=O)c3ccccc3)CC2)n(-c2ccccn2)n1. The molecule has 0 spiro atoms. The van der Waals surface area contributed by atoms with Gasteiger partial charge in [0.2, 0.25) is 0 Å². The number of rotatable bonds is 4. The van der Waals surface area contributed by atoms with Gasteiger partial charge in [-0.3, -0.25) is 0 Å². The van der Waals surface area contributed by atoms with Crippen LogP contribution in [-0.4, -0.2) is 28.2 Å². The van der Waals surface area contributed by atoms with Crippen LogP contribution in [0.3, 0.4) is 0 Å². The minimum absolute atomic E-state index is 0.315. The van der Waals surface area contributed by atoms with Crippen LogP contribution in [0.5, 0.6) is 0 Å². The van der Waals surface area contributed by atoms with E-state index >= 15 is 0 Å². The molecule has 0 aliphatic heterocycles. The Morgan fingerprint density at radius 1 is 1.04 bits per heavy atom. The highest BCUT2D eigenvalue weighted by Gasteiger charge is 2.60. The molecule has 0 bridgehead atoms. The minimum atomic E-state index is -3.55. The summed E-state index contributed by atoms with van der Waals surface area (Å²) in [6.45, 7) is 1.76. The van der Waals surface area contributed by atoms with E-state index in [0.717, 1.165) is 0 Å². The summed E-state index contributed by atoms with van der Waals surface area (Å²) in [5.74, 6) is 1.55. The van der Waals surface area contributed by atoms with Crippen LogP contribution >= 0.6 is 0 Å². The summed E-state index contributed by atoms with van der Waals surface area (Å²) in [6, 6.07) is 14.0. The summed E-state index contributed by atoms with van der Waals surface area (Å²) in [4.78, 5) is 9.05. The van der Waals surface area contributed by atoms with Crippen LogP contribution in [0, 0.1) is 6.92 Å². The molecule has 24 heavy (non-hydrogen) atoms. The number of aromatic nitrogens is 4. The molecule has 0 N–H and O–H groups in total. The summed E-state index contributed by atoms with van der Waals surface area (Å²) in [6.07, 6.45) is 2.73. The Balaban J connectivity index is 1.88. The first-order chi connectivity index (χ1) is 11.5. The monoisotopic (exact) mass is 340 g/mol.